The van der Waals surface area contributed by atoms with Crippen molar-refractivity contribution < 1.29 is 4.74 Å². The van der Waals surface area contributed by atoms with Gasteiger partial charge >= 0.3 is 0 Å². The summed E-state index contributed by atoms with van der Waals surface area (Å²) in [7, 11) is 1.64. The quantitative estimate of drug-likeness (QED) is 0.294. The smallest absolute Gasteiger partial charge is 0.212 e. The number of ether oxygens (including phenoxy) is 1. The van der Waals surface area contributed by atoms with Gasteiger partial charge < -0.3 is 15.0 Å². The number of piperazine rings is 1. The molecule has 12 nitrogen and oxygen atoms in total. The molecule has 206 valence electrons. The lowest BCUT2D eigenvalue weighted by atomic mass is 9.87. The van der Waals surface area contributed by atoms with Crippen LogP contribution in [0.25, 0.3) is 16.6 Å². The fourth-order valence-electron chi connectivity index (χ4n) is 5.88. The van der Waals surface area contributed by atoms with E-state index in [2.05, 4.69) is 65.6 Å². The van der Waals surface area contributed by atoms with Crippen LogP contribution in [0.1, 0.15) is 17.5 Å². The lowest BCUT2D eigenvalue weighted by Crippen LogP contribution is -2.68. The van der Waals surface area contributed by atoms with Crippen LogP contribution in [0.4, 0.5) is 11.5 Å². The fourth-order valence-corrected chi connectivity index (χ4v) is 5.88. The van der Waals surface area contributed by atoms with Crippen LogP contribution in [0.15, 0.2) is 67.8 Å². The second-order valence-electron chi connectivity index (χ2n) is 10.4. The zero-order valence-electron chi connectivity index (χ0n) is 22.6. The first-order chi connectivity index (χ1) is 20.2. The van der Waals surface area contributed by atoms with Crippen molar-refractivity contribution in [2.45, 2.75) is 31.6 Å². The molecule has 0 amide bonds. The Labute approximate surface area is 236 Å². The Bertz CT molecular complexity index is 1680. The molecule has 0 radical (unpaired) electrons. The summed E-state index contributed by atoms with van der Waals surface area (Å²) >= 11 is 0. The minimum absolute atomic E-state index is 0.502. The predicted octanol–water partition coefficient (Wildman–Crippen LogP) is 2.84. The van der Waals surface area contributed by atoms with Crippen molar-refractivity contribution in [3.8, 4) is 23.1 Å². The molecule has 2 atom stereocenters. The van der Waals surface area contributed by atoms with E-state index in [9.17, 15) is 5.26 Å². The second-order valence-corrected chi connectivity index (χ2v) is 10.4. The van der Waals surface area contributed by atoms with Crippen LogP contribution >= 0.6 is 0 Å². The van der Waals surface area contributed by atoms with Gasteiger partial charge in [0.2, 0.25) is 5.88 Å². The summed E-state index contributed by atoms with van der Waals surface area (Å²) in [6.07, 6.45) is 11.7. The third-order valence-electron chi connectivity index (χ3n) is 7.97. The first-order valence-corrected chi connectivity index (χ1v) is 13.6. The van der Waals surface area contributed by atoms with E-state index in [1.165, 1.54) is 18.3 Å². The molecule has 5 aromatic rings. The van der Waals surface area contributed by atoms with Crippen LogP contribution < -0.4 is 15.0 Å². The highest BCUT2D eigenvalue weighted by molar-refractivity contribution is 5.86. The largest absolute Gasteiger partial charge is 0.481 e. The van der Waals surface area contributed by atoms with Gasteiger partial charge in [-0.2, -0.15) is 15.5 Å². The average molecular weight is 548 g/mol. The number of hydrogen-bond acceptors (Lipinski definition) is 10. The van der Waals surface area contributed by atoms with Crippen LogP contribution in [0.3, 0.4) is 0 Å². The number of rotatable bonds is 9. The number of nitrogens with one attached hydrogen (secondary N) is 1. The van der Waals surface area contributed by atoms with Gasteiger partial charge in [-0.15, -0.1) is 0 Å². The summed E-state index contributed by atoms with van der Waals surface area (Å²) in [4.78, 5) is 18.1. The number of nitriles is 1. The third-order valence-corrected chi connectivity index (χ3v) is 7.97. The molecule has 1 N–H and O–H groups in total. The van der Waals surface area contributed by atoms with Crippen LogP contribution in [-0.2, 0) is 13.1 Å². The number of pyridine rings is 3. The highest BCUT2D eigenvalue weighted by atomic mass is 16.5. The van der Waals surface area contributed by atoms with E-state index in [0.717, 1.165) is 47.8 Å². The third kappa shape index (κ3) is 4.81. The molecule has 2 bridgehead atoms. The number of nitrogens with zero attached hydrogens (tertiary/aromatic N) is 10. The molecule has 3 aliphatic rings. The summed E-state index contributed by atoms with van der Waals surface area (Å²) in [5.41, 5.74) is 5.24. The molecule has 0 saturated carbocycles. The number of anilines is 2. The fraction of sp³-hybridized carbons (Fsp3) is 0.310. The van der Waals surface area contributed by atoms with E-state index in [1.54, 1.807) is 28.8 Å². The normalized spacial score (nSPS) is 18.2. The SMILES string of the molecule is COc1ccc(CN2C3CC2CN(c2ccc(-c4cc(NCCn5cncn5)cn5ncc(C#N)c45)cn2)C3)cn1. The van der Waals surface area contributed by atoms with Gasteiger partial charge in [0.05, 0.1) is 42.8 Å². The number of fused-ring (bicyclic) bond motifs is 3. The van der Waals surface area contributed by atoms with Crippen molar-refractivity contribution in [3.63, 3.8) is 0 Å². The molecule has 8 rings (SSSR count). The lowest BCUT2D eigenvalue weighted by Gasteiger charge is -2.56. The highest BCUT2D eigenvalue weighted by Gasteiger charge is 2.44. The minimum Gasteiger partial charge on any atom is -0.481 e. The van der Waals surface area contributed by atoms with Gasteiger partial charge in [-0.25, -0.2) is 19.5 Å². The Morgan fingerprint density at radius 3 is 2.68 bits per heavy atom. The first kappa shape index (κ1) is 25.0. The highest BCUT2D eigenvalue weighted by Crippen LogP contribution is 2.36. The predicted molar refractivity (Wildman–Crippen MR) is 152 cm³/mol. The van der Waals surface area contributed by atoms with E-state index >= 15 is 0 Å². The average Bonchev–Trinajstić information content (AvgIpc) is 3.70. The summed E-state index contributed by atoms with van der Waals surface area (Å²) in [5, 5.41) is 21.7. The van der Waals surface area contributed by atoms with Gasteiger partial charge in [0, 0.05) is 67.8 Å². The molecule has 0 aliphatic carbocycles. The molecule has 41 heavy (non-hydrogen) atoms. The topological polar surface area (TPSA) is 125 Å². The van der Waals surface area contributed by atoms with Gasteiger partial charge in [0.25, 0.3) is 0 Å². The molecule has 8 heterocycles. The molecule has 3 aliphatic heterocycles. The van der Waals surface area contributed by atoms with Crippen LogP contribution in [0.2, 0.25) is 0 Å². The molecule has 2 unspecified atom stereocenters. The minimum atomic E-state index is 0.502. The summed E-state index contributed by atoms with van der Waals surface area (Å²) in [5.74, 6) is 1.61. The van der Waals surface area contributed by atoms with Crippen LogP contribution in [-0.4, -0.2) is 78.1 Å². The summed E-state index contributed by atoms with van der Waals surface area (Å²) in [6, 6.07) is 13.5. The van der Waals surface area contributed by atoms with Crippen molar-refractivity contribution in [3.05, 3.63) is 78.9 Å². The van der Waals surface area contributed by atoms with Crippen LogP contribution in [0.5, 0.6) is 5.88 Å². The van der Waals surface area contributed by atoms with E-state index in [1.807, 2.05) is 24.7 Å². The molecule has 0 aromatic carbocycles. The van der Waals surface area contributed by atoms with Crippen molar-refractivity contribution in [2.75, 3.05) is 37.0 Å². The molecular formula is C29H29N11O. The standard InChI is InChI=1S/C29H29N11O/c1-41-28-5-2-20(11-34-28)14-39-24-9-25(39)17-37(16-24)27-4-3-21(12-33-27)26-8-23(32-6-7-38-19-31-18-36-38)15-40-29(26)22(10-30)13-35-40/h2-5,8,11-13,15,18-19,24-25,32H,6-7,9,14,16-17H2,1H3. The molecule has 12 heteroatoms. The maximum Gasteiger partial charge on any atom is 0.212 e. The van der Waals surface area contributed by atoms with Crippen molar-refractivity contribution in [2.24, 2.45) is 0 Å². The number of methoxy groups -OCH3 is 1. The van der Waals surface area contributed by atoms with Crippen molar-refractivity contribution in [1.82, 2.24) is 39.2 Å². The van der Waals surface area contributed by atoms with Crippen LogP contribution in [0, 0.1) is 11.3 Å². The zero-order valence-corrected chi connectivity index (χ0v) is 22.6. The number of hydrogen-bond donors (Lipinski definition) is 1. The maximum absolute atomic E-state index is 9.72. The summed E-state index contributed by atoms with van der Waals surface area (Å²) < 4.78 is 8.72. The first-order valence-electron chi connectivity index (χ1n) is 13.6. The van der Waals surface area contributed by atoms with Gasteiger partial charge in [-0.1, -0.05) is 6.07 Å². The number of aromatic nitrogens is 7. The Morgan fingerprint density at radius 2 is 1.98 bits per heavy atom. The van der Waals surface area contributed by atoms with E-state index in [-0.39, 0.29) is 0 Å². The molecule has 3 saturated heterocycles. The molecule has 5 aromatic heterocycles. The van der Waals surface area contributed by atoms with Crippen molar-refractivity contribution >= 4 is 17.0 Å². The van der Waals surface area contributed by atoms with Crippen molar-refractivity contribution in [1.29, 1.82) is 5.26 Å². The second kappa shape index (κ2) is 10.5. The van der Waals surface area contributed by atoms with Gasteiger partial charge in [-0.3, -0.25) is 9.58 Å². The molecule has 0 spiro atoms. The van der Waals surface area contributed by atoms with E-state index < -0.39 is 0 Å². The van der Waals surface area contributed by atoms with Gasteiger partial charge in [0.15, 0.2) is 0 Å². The lowest BCUT2D eigenvalue weighted by molar-refractivity contribution is -0.00876. The Kier molecular flexibility index (Phi) is 6.41. The monoisotopic (exact) mass is 547 g/mol. The molecule has 3 fully saturated rings. The van der Waals surface area contributed by atoms with Gasteiger partial charge in [-0.05, 0) is 30.2 Å². The molecular weight excluding hydrogens is 518 g/mol. The Morgan fingerprint density at radius 1 is 1.07 bits per heavy atom. The van der Waals surface area contributed by atoms with E-state index in [4.69, 9.17) is 9.72 Å². The Balaban J connectivity index is 1.07. The van der Waals surface area contributed by atoms with Gasteiger partial charge in [0.1, 0.15) is 24.5 Å². The zero-order chi connectivity index (χ0) is 27.8. The summed E-state index contributed by atoms with van der Waals surface area (Å²) in [6.45, 7) is 4.14. The number of piperidine rings is 1. The maximum atomic E-state index is 9.72. The Hall–Kier alpha value is -5.02. The van der Waals surface area contributed by atoms with E-state index in [0.29, 0.717) is 36.6 Å².